The molecule has 2 atom stereocenters. The summed E-state index contributed by atoms with van der Waals surface area (Å²) in [7, 11) is 0. The summed E-state index contributed by atoms with van der Waals surface area (Å²) in [5, 5.41) is 8.99. The van der Waals surface area contributed by atoms with Gasteiger partial charge in [0.15, 0.2) is 0 Å². The summed E-state index contributed by atoms with van der Waals surface area (Å²) in [4.78, 5) is 14.6. The lowest BCUT2D eigenvalue weighted by Gasteiger charge is -2.31. The van der Waals surface area contributed by atoms with Crippen LogP contribution in [-0.4, -0.2) is 37.0 Å². The molecule has 23 heavy (non-hydrogen) atoms. The fraction of sp³-hybridized carbons (Fsp3) is 0.556. The van der Waals surface area contributed by atoms with Gasteiger partial charge in [-0.15, -0.1) is 0 Å². The van der Waals surface area contributed by atoms with E-state index in [0.29, 0.717) is 6.61 Å². The lowest BCUT2D eigenvalue weighted by molar-refractivity contribution is -0.143. The number of ether oxygens (including phenoxy) is 2. The van der Waals surface area contributed by atoms with Gasteiger partial charge >= 0.3 is 0 Å². The summed E-state index contributed by atoms with van der Waals surface area (Å²) in [5.41, 5.74) is 1.16. The molecule has 0 radical (unpaired) electrons. The van der Waals surface area contributed by atoms with Crippen LogP contribution >= 0.6 is 0 Å². The van der Waals surface area contributed by atoms with Crippen molar-refractivity contribution in [1.82, 2.24) is 4.90 Å². The van der Waals surface area contributed by atoms with Crippen molar-refractivity contribution < 1.29 is 14.3 Å². The smallest absolute Gasteiger partial charge is 0.228 e. The second-order valence-electron chi connectivity index (χ2n) is 5.82. The number of hydrogen-bond acceptors (Lipinski definition) is 4. The number of nitriles is 1. The number of nitrogens with zero attached hydrogens (tertiary/aromatic N) is 2. The van der Waals surface area contributed by atoms with E-state index in [1.165, 1.54) is 0 Å². The van der Waals surface area contributed by atoms with E-state index >= 15 is 0 Å². The molecule has 0 N–H and O–H groups in total. The Morgan fingerprint density at radius 3 is 2.87 bits per heavy atom. The largest absolute Gasteiger partial charge is 0.353 e. The third kappa shape index (κ3) is 5.05. The lowest BCUT2D eigenvalue weighted by Crippen LogP contribution is -2.46. The monoisotopic (exact) mass is 316 g/mol. The normalized spacial score (nSPS) is 19.7. The van der Waals surface area contributed by atoms with E-state index in [4.69, 9.17) is 14.7 Å². The molecular weight excluding hydrogens is 292 g/mol. The van der Waals surface area contributed by atoms with Crippen molar-refractivity contribution in [3.8, 4) is 6.07 Å². The molecule has 124 valence electrons. The number of benzene rings is 1. The first-order valence-electron chi connectivity index (χ1n) is 8.13. The molecule has 0 aromatic heterocycles. The SMILES string of the molecule is CCC[C@H](CC#N)C(=O)N1COCOC[C@@H]1Cc1ccccc1. The lowest BCUT2D eigenvalue weighted by atomic mass is 9.97. The van der Waals surface area contributed by atoms with Crippen LogP contribution in [0, 0.1) is 17.2 Å². The summed E-state index contributed by atoms with van der Waals surface area (Å²) >= 11 is 0. The second-order valence-corrected chi connectivity index (χ2v) is 5.82. The van der Waals surface area contributed by atoms with Crippen LogP contribution in [0.25, 0.3) is 0 Å². The fourth-order valence-electron chi connectivity index (χ4n) is 2.88. The molecule has 1 fully saturated rings. The highest BCUT2D eigenvalue weighted by molar-refractivity contribution is 5.79. The first-order chi connectivity index (χ1) is 11.3. The zero-order valence-electron chi connectivity index (χ0n) is 13.6. The van der Waals surface area contributed by atoms with E-state index < -0.39 is 0 Å². The van der Waals surface area contributed by atoms with Gasteiger partial charge in [0.05, 0.1) is 24.6 Å². The van der Waals surface area contributed by atoms with Crippen molar-refractivity contribution in [3.63, 3.8) is 0 Å². The highest BCUT2D eigenvalue weighted by atomic mass is 16.7. The van der Waals surface area contributed by atoms with Gasteiger partial charge in [0.25, 0.3) is 0 Å². The topological polar surface area (TPSA) is 62.6 Å². The number of amides is 1. The van der Waals surface area contributed by atoms with E-state index in [1.807, 2.05) is 37.3 Å². The van der Waals surface area contributed by atoms with Crippen LogP contribution in [0.5, 0.6) is 0 Å². The second kappa shape index (κ2) is 9.29. The minimum absolute atomic E-state index is 0.000156. The molecule has 0 aliphatic carbocycles. The quantitative estimate of drug-likeness (QED) is 0.809. The van der Waals surface area contributed by atoms with Crippen molar-refractivity contribution in [2.24, 2.45) is 5.92 Å². The van der Waals surface area contributed by atoms with Gasteiger partial charge in [-0.1, -0.05) is 43.7 Å². The first kappa shape index (κ1) is 17.5. The number of rotatable bonds is 6. The Morgan fingerprint density at radius 2 is 2.17 bits per heavy atom. The molecule has 1 aliphatic heterocycles. The Labute approximate surface area is 137 Å². The van der Waals surface area contributed by atoms with Crippen LogP contribution in [0.1, 0.15) is 31.7 Å². The first-order valence-corrected chi connectivity index (χ1v) is 8.13. The molecule has 0 bridgehead atoms. The Balaban J connectivity index is 2.13. The number of hydrogen-bond donors (Lipinski definition) is 0. The van der Waals surface area contributed by atoms with Gasteiger partial charge in [-0.2, -0.15) is 5.26 Å². The molecule has 0 saturated carbocycles. The Bertz CT molecular complexity index is 527. The number of carbonyl (C=O) groups excluding carboxylic acids is 1. The summed E-state index contributed by atoms with van der Waals surface area (Å²) in [6, 6.07) is 12.1. The summed E-state index contributed by atoms with van der Waals surface area (Å²) in [6.45, 7) is 2.90. The minimum atomic E-state index is -0.259. The van der Waals surface area contributed by atoms with Gasteiger partial charge < -0.3 is 14.4 Å². The van der Waals surface area contributed by atoms with E-state index in [-0.39, 0.29) is 37.8 Å². The molecule has 0 unspecified atom stereocenters. The third-order valence-corrected chi connectivity index (χ3v) is 4.07. The van der Waals surface area contributed by atoms with Crippen molar-refractivity contribution in [2.45, 2.75) is 38.6 Å². The maximum absolute atomic E-state index is 12.9. The van der Waals surface area contributed by atoms with Crippen molar-refractivity contribution in [3.05, 3.63) is 35.9 Å². The van der Waals surface area contributed by atoms with Crippen LogP contribution in [0.4, 0.5) is 0 Å². The average Bonchev–Trinajstić information content (AvgIpc) is 2.80. The molecule has 0 spiro atoms. The average molecular weight is 316 g/mol. The van der Waals surface area contributed by atoms with Gasteiger partial charge in [-0.3, -0.25) is 4.79 Å². The standard InChI is InChI=1S/C18H24N2O3/c1-2-6-16(9-10-19)18(21)20-13-23-14-22-12-17(20)11-15-7-4-3-5-8-15/h3-5,7-8,16-17H,2,6,9,11-14H2,1H3/t16-,17+/m1/s1. The van der Waals surface area contributed by atoms with Crippen LogP contribution in [0.3, 0.4) is 0 Å². The Kier molecular flexibility index (Phi) is 7.05. The van der Waals surface area contributed by atoms with Gasteiger partial charge in [-0.05, 0) is 18.4 Å². The maximum atomic E-state index is 12.9. The van der Waals surface area contributed by atoms with Crippen LogP contribution in [0.15, 0.2) is 30.3 Å². The molecule has 1 heterocycles. The zero-order valence-corrected chi connectivity index (χ0v) is 13.6. The zero-order chi connectivity index (χ0) is 16.5. The highest BCUT2D eigenvalue weighted by Gasteiger charge is 2.31. The summed E-state index contributed by atoms with van der Waals surface area (Å²) in [6.07, 6.45) is 2.58. The van der Waals surface area contributed by atoms with E-state index in [2.05, 4.69) is 6.07 Å². The highest BCUT2D eigenvalue weighted by Crippen LogP contribution is 2.20. The van der Waals surface area contributed by atoms with E-state index in [9.17, 15) is 4.79 Å². The van der Waals surface area contributed by atoms with Crippen molar-refractivity contribution in [1.29, 1.82) is 5.26 Å². The van der Waals surface area contributed by atoms with Gasteiger partial charge in [0, 0.05) is 6.42 Å². The fourth-order valence-corrected chi connectivity index (χ4v) is 2.88. The molecule has 1 aromatic rings. The molecule has 1 amide bonds. The molecule has 1 aromatic carbocycles. The Hall–Kier alpha value is -1.90. The molecule has 1 aliphatic rings. The maximum Gasteiger partial charge on any atom is 0.228 e. The predicted molar refractivity (Wildman–Crippen MR) is 86.2 cm³/mol. The van der Waals surface area contributed by atoms with Gasteiger partial charge in [0.1, 0.15) is 13.5 Å². The van der Waals surface area contributed by atoms with Crippen LogP contribution in [-0.2, 0) is 20.7 Å². The summed E-state index contributed by atoms with van der Waals surface area (Å²) in [5.74, 6) is -0.259. The Morgan fingerprint density at radius 1 is 1.39 bits per heavy atom. The number of carbonyl (C=O) groups is 1. The van der Waals surface area contributed by atoms with Crippen LogP contribution < -0.4 is 0 Å². The minimum Gasteiger partial charge on any atom is -0.353 e. The molecule has 1 saturated heterocycles. The van der Waals surface area contributed by atoms with Gasteiger partial charge in [0.2, 0.25) is 5.91 Å². The molecule has 5 nitrogen and oxygen atoms in total. The predicted octanol–water partition coefficient (Wildman–Crippen LogP) is 2.72. The van der Waals surface area contributed by atoms with Crippen LogP contribution in [0.2, 0.25) is 0 Å². The van der Waals surface area contributed by atoms with Crippen molar-refractivity contribution in [2.75, 3.05) is 20.1 Å². The molecule has 5 heteroatoms. The van der Waals surface area contributed by atoms with E-state index in [1.54, 1.807) is 4.90 Å². The van der Waals surface area contributed by atoms with Gasteiger partial charge in [-0.25, -0.2) is 0 Å². The summed E-state index contributed by atoms with van der Waals surface area (Å²) < 4.78 is 10.9. The molecule has 2 rings (SSSR count). The van der Waals surface area contributed by atoms with E-state index in [0.717, 1.165) is 24.8 Å². The third-order valence-electron chi connectivity index (χ3n) is 4.07. The molecular formula is C18H24N2O3. The van der Waals surface area contributed by atoms with Crippen molar-refractivity contribution >= 4 is 5.91 Å².